The zero-order chi connectivity index (χ0) is 15.3. The van der Waals surface area contributed by atoms with Crippen LogP contribution in [0, 0.1) is 13.8 Å². The minimum Gasteiger partial charge on any atom is -0.480 e. The minimum atomic E-state index is -1.03. The van der Waals surface area contributed by atoms with Crippen LogP contribution in [-0.2, 0) is 16.1 Å². The smallest absolute Gasteiger partial charge is 0.326 e. The third-order valence-electron chi connectivity index (χ3n) is 3.07. The van der Waals surface area contributed by atoms with E-state index in [1.165, 1.54) is 12.1 Å². The van der Waals surface area contributed by atoms with Crippen molar-refractivity contribution in [3.63, 3.8) is 0 Å². The van der Waals surface area contributed by atoms with E-state index < -0.39 is 12.0 Å². The Balaban J connectivity index is 2.81. The van der Waals surface area contributed by atoms with Crippen LogP contribution >= 0.6 is 0 Å². The topological polar surface area (TPSA) is 88.4 Å². The fourth-order valence-electron chi connectivity index (χ4n) is 2.07. The molecule has 2 N–H and O–H groups in total. The second-order valence-corrected chi connectivity index (χ2v) is 4.81. The average Bonchev–Trinajstić information content (AvgIpc) is 2.33. The summed E-state index contributed by atoms with van der Waals surface area (Å²) in [5.74, 6) is -1.41. The van der Waals surface area contributed by atoms with Gasteiger partial charge in [-0.3, -0.25) is 9.59 Å². The fraction of sp³-hybridized carbons (Fsp3) is 0.500. The van der Waals surface area contributed by atoms with E-state index in [0.717, 1.165) is 0 Å². The molecule has 1 amide bonds. The first-order valence-electron chi connectivity index (χ1n) is 6.55. The molecule has 0 aliphatic carbocycles. The Morgan fingerprint density at radius 3 is 2.30 bits per heavy atom. The predicted molar refractivity (Wildman–Crippen MR) is 74.7 cm³/mol. The van der Waals surface area contributed by atoms with Crippen LogP contribution in [0.15, 0.2) is 16.9 Å². The van der Waals surface area contributed by atoms with Crippen molar-refractivity contribution in [2.75, 3.05) is 0 Å². The van der Waals surface area contributed by atoms with E-state index in [9.17, 15) is 14.4 Å². The molecular formula is C14H20N2O4. The standard InChI is InChI=1S/C14H20N2O4/c1-4-5-12(14(19)20)15-13(18)8-16-9(2)6-11(17)7-10(16)3/h6-7,12H,4-5,8H2,1-3H3,(H,15,18)(H,19,20). The van der Waals surface area contributed by atoms with Gasteiger partial charge in [-0.1, -0.05) is 13.3 Å². The summed E-state index contributed by atoms with van der Waals surface area (Å²) in [6.45, 7) is 5.34. The predicted octanol–water partition coefficient (Wildman–Crippen LogP) is 0.835. The third-order valence-corrected chi connectivity index (χ3v) is 3.07. The molecule has 1 rings (SSSR count). The summed E-state index contributed by atoms with van der Waals surface area (Å²) in [7, 11) is 0. The summed E-state index contributed by atoms with van der Waals surface area (Å²) >= 11 is 0. The molecule has 0 saturated carbocycles. The van der Waals surface area contributed by atoms with Gasteiger partial charge in [-0.15, -0.1) is 0 Å². The SMILES string of the molecule is CCCC(NC(=O)Cn1c(C)cc(=O)cc1C)C(=O)O. The second-order valence-electron chi connectivity index (χ2n) is 4.81. The number of hydrogen-bond acceptors (Lipinski definition) is 3. The molecule has 0 aliphatic rings. The lowest BCUT2D eigenvalue weighted by Gasteiger charge is -2.17. The van der Waals surface area contributed by atoms with E-state index >= 15 is 0 Å². The van der Waals surface area contributed by atoms with Crippen LogP contribution in [0.5, 0.6) is 0 Å². The number of carbonyl (C=O) groups is 2. The molecule has 1 aromatic heterocycles. The minimum absolute atomic E-state index is 0.00540. The largest absolute Gasteiger partial charge is 0.480 e. The average molecular weight is 280 g/mol. The molecule has 20 heavy (non-hydrogen) atoms. The van der Waals surface area contributed by atoms with Gasteiger partial charge in [0.25, 0.3) is 0 Å². The van der Waals surface area contributed by atoms with Crippen LogP contribution < -0.4 is 10.7 Å². The Hall–Kier alpha value is -2.11. The number of hydrogen-bond donors (Lipinski definition) is 2. The maximum absolute atomic E-state index is 11.9. The van der Waals surface area contributed by atoms with Gasteiger partial charge >= 0.3 is 5.97 Å². The number of carboxylic acids is 1. The van der Waals surface area contributed by atoms with Crippen molar-refractivity contribution in [3.8, 4) is 0 Å². The van der Waals surface area contributed by atoms with Crippen LogP contribution in [0.2, 0.25) is 0 Å². The van der Waals surface area contributed by atoms with Gasteiger partial charge in [0.05, 0.1) is 0 Å². The first kappa shape index (κ1) is 15.9. The lowest BCUT2D eigenvalue weighted by atomic mass is 10.1. The summed E-state index contributed by atoms with van der Waals surface area (Å²) in [5, 5.41) is 11.5. The molecule has 0 fully saturated rings. The number of nitrogens with one attached hydrogen (secondary N) is 1. The molecule has 1 atom stereocenters. The molecule has 0 spiro atoms. The third kappa shape index (κ3) is 4.22. The van der Waals surface area contributed by atoms with Gasteiger partial charge in [-0.05, 0) is 20.3 Å². The van der Waals surface area contributed by atoms with Crippen molar-refractivity contribution in [2.45, 2.75) is 46.2 Å². The van der Waals surface area contributed by atoms with Crippen LogP contribution in [0.3, 0.4) is 0 Å². The normalized spacial score (nSPS) is 11.9. The van der Waals surface area contributed by atoms with Crippen molar-refractivity contribution < 1.29 is 14.7 Å². The van der Waals surface area contributed by atoms with Crippen molar-refractivity contribution in [3.05, 3.63) is 33.7 Å². The number of aryl methyl sites for hydroxylation is 2. The van der Waals surface area contributed by atoms with Gasteiger partial charge in [0.2, 0.25) is 5.91 Å². The maximum Gasteiger partial charge on any atom is 0.326 e. The van der Waals surface area contributed by atoms with Gasteiger partial charge in [-0.2, -0.15) is 0 Å². The molecule has 0 bridgehead atoms. The molecule has 0 saturated heterocycles. The zero-order valence-electron chi connectivity index (χ0n) is 12.0. The molecule has 6 nitrogen and oxygen atoms in total. The Kier molecular flexibility index (Phi) is 5.49. The van der Waals surface area contributed by atoms with Gasteiger partial charge in [0.1, 0.15) is 12.6 Å². The van der Waals surface area contributed by atoms with E-state index in [0.29, 0.717) is 24.2 Å². The molecule has 0 aliphatic heterocycles. The van der Waals surface area contributed by atoms with Gasteiger partial charge < -0.3 is 15.0 Å². The number of carbonyl (C=O) groups excluding carboxylic acids is 1. The Labute approximate surface area is 117 Å². The molecule has 6 heteroatoms. The number of amides is 1. The molecule has 0 radical (unpaired) electrons. The molecule has 1 unspecified atom stereocenters. The number of nitrogens with zero attached hydrogens (tertiary/aromatic N) is 1. The van der Waals surface area contributed by atoms with Gasteiger partial charge in [0, 0.05) is 23.5 Å². The highest BCUT2D eigenvalue weighted by molar-refractivity contribution is 5.83. The number of carboxylic acid groups (broad SMARTS) is 1. The molecule has 110 valence electrons. The zero-order valence-corrected chi connectivity index (χ0v) is 12.0. The highest BCUT2D eigenvalue weighted by atomic mass is 16.4. The summed E-state index contributed by atoms with van der Waals surface area (Å²) in [5.41, 5.74) is 1.24. The molecule has 0 aromatic carbocycles. The van der Waals surface area contributed by atoms with Gasteiger partial charge in [0.15, 0.2) is 5.43 Å². The highest BCUT2D eigenvalue weighted by Gasteiger charge is 2.19. The summed E-state index contributed by atoms with van der Waals surface area (Å²) in [6, 6.07) is 2.02. The second kappa shape index (κ2) is 6.88. The number of aliphatic carboxylic acids is 1. The van der Waals surface area contributed by atoms with E-state index in [4.69, 9.17) is 5.11 Å². The van der Waals surface area contributed by atoms with Gasteiger partial charge in [-0.25, -0.2) is 4.79 Å². The number of aromatic nitrogens is 1. The van der Waals surface area contributed by atoms with Crippen LogP contribution in [0.1, 0.15) is 31.2 Å². The Morgan fingerprint density at radius 1 is 1.30 bits per heavy atom. The first-order valence-corrected chi connectivity index (χ1v) is 6.55. The van der Waals surface area contributed by atoms with Crippen LogP contribution in [0.4, 0.5) is 0 Å². The lowest BCUT2D eigenvalue weighted by molar-refractivity contribution is -0.142. The lowest BCUT2D eigenvalue weighted by Crippen LogP contribution is -2.42. The van der Waals surface area contributed by atoms with Crippen LogP contribution in [-0.4, -0.2) is 27.6 Å². The Bertz CT molecular complexity index is 537. The molecular weight excluding hydrogens is 260 g/mol. The van der Waals surface area contributed by atoms with E-state index in [2.05, 4.69) is 5.32 Å². The summed E-state index contributed by atoms with van der Waals surface area (Å²) < 4.78 is 1.68. The fourth-order valence-corrected chi connectivity index (χ4v) is 2.07. The van der Waals surface area contributed by atoms with E-state index in [1.807, 2.05) is 6.92 Å². The van der Waals surface area contributed by atoms with E-state index in [1.54, 1.807) is 18.4 Å². The molecule has 1 aromatic rings. The number of pyridine rings is 1. The monoisotopic (exact) mass is 280 g/mol. The summed E-state index contributed by atoms with van der Waals surface area (Å²) in [4.78, 5) is 34.2. The van der Waals surface area contributed by atoms with Crippen molar-refractivity contribution >= 4 is 11.9 Å². The van der Waals surface area contributed by atoms with Crippen molar-refractivity contribution in [1.29, 1.82) is 0 Å². The van der Waals surface area contributed by atoms with Crippen molar-refractivity contribution in [1.82, 2.24) is 9.88 Å². The highest BCUT2D eigenvalue weighted by Crippen LogP contribution is 2.02. The maximum atomic E-state index is 11.9. The Morgan fingerprint density at radius 2 is 1.85 bits per heavy atom. The number of rotatable bonds is 6. The van der Waals surface area contributed by atoms with Crippen molar-refractivity contribution in [2.24, 2.45) is 0 Å². The molecule has 1 heterocycles. The summed E-state index contributed by atoms with van der Waals surface area (Å²) in [6.07, 6.45) is 1.07. The van der Waals surface area contributed by atoms with E-state index in [-0.39, 0.29) is 17.9 Å². The quantitative estimate of drug-likeness (QED) is 0.808. The first-order chi connectivity index (χ1) is 9.35. The van der Waals surface area contributed by atoms with Crippen LogP contribution in [0.25, 0.3) is 0 Å².